The highest BCUT2D eigenvalue weighted by atomic mass is 35.5. The lowest BCUT2D eigenvalue weighted by Crippen LogP contribution is -2.20. The summed E-state index contributed by atoms with van der Waals surface area (Å²) in [6.45, 7) is -0.337. The Kier molecular flexibility index (Phi) is 6.28. The van der Waals surface area contributed by atoms with Crippen molar-refractivity contribution in [2.45, 2.75) is 0 Å². The Balaban J connectivity index is 1.60. The van der Waals surface area contributed by atoms with Crippen molar-refractivity contribution >= 4 is 34.8 Å². The number of methoxy groups -OCH3 is 1. The van der Waals surface area contributed by atoms with Gasteiger partial charge < -0.3 is 14.8 Å². The minimum absolute atomic E-state index is 0.0113. The molecule has 144 valence electrons. The number of anilines is 1. The summed E-state index contributed by atoms with van der Waals surface area (Å²) in [5.74, 6) is -0.538. The standard InChI is InChI=1S/C19H14Cl2FN3O3/c1-27-18-7-6-16(24-25-18)11-2-4-13(5-3-11)23-17(26)10-28-19-14(20)8-12(22)9-15(19)21/h2-9H,10H2,1H3,(H,23,26). The molecule has 0 aliphatic carbocycles. The molecule has 0 spiro atoms. The van der Waals surface area contributed by atoms with Crippen molar-refractivity contribution in [2.24, 2.45) is 0 Å². The molecule has 9 heteroatoms. The molecule has 0 bridgehead atoms. The van der Waals surface area contributed by atoms with Crippen molar-refractivity contribution in [3.63, 3.8) is 0 Å². The average Bonchev–Trinajstić information content (AvgIpc) is 2.68. The first-order chi connectivity index (χ1) is 13.5. The van der Waals surface area contributed by atoms with Crippen LogP contribution in [0.3, 0.4) is 0 Å². The molecule has 0 unspecified atom stereocenters. The van der Waals surface area contributed by atoms with Gasteiger partial charge in [-0.05, 0) is 30.3 Å². The van der Waals surface area contributed by atoms with Gasteiger partial charge in [-0.15, -0.1) is 10.2 Å². The molecule has 0 radical (unpaired) electrons. The molecule has 0 aliphatic rings. The summed E-state index contributed by atoms with van der Waals surface area (Å²) < 4.78 is 23.4. The molecule has 2 aromatic carbocycles. The first-order valence-electron chi connectivity index (χ1n) is 8.01. The Morgan fingerprint density at radius 3 is 2.32 bits per heavy atom. The van der Waals surface area contributed by atoms with E-state index in [1.54, 1.807) is 36.4 Å². The molecular formula is C19H14Cl2FN3O3. The van der Waals surface area contributed by atoms with Crippen LogP contribution in [0, 0.1) is 5.82 Å². The van der Waals surface area contributed by atoms with Gasteiger partial charge in [-0.25, -0.2) is 4.39 Å². The monoisotopic (exact) mass is 421 g/mol. The number of rotatable bonds is 6. The van der Waals surface area contributed by atoms with Gasteiger partial charge in [-0.2, -0.15) is 0 Å². The fourth-order valence-corrected chi connectivity index (χ4v) is 2.88. The lowest BCUT2D eigenvalue weighted by molar-refractivity contribution is -0.118. The Labute approximate surface area is 170 Å². The smallest absolute Gasteiger partial charge is 0.262 e. The Morgan fingerprint density at radius 1 is 1.07 bits per heavy atom. The van der Waals surface area contributed by atoms with E-state index in [-0.39, 0.29) is 22.4 Å². The van der Waals surface area contributed by atoms with Gasteiger partial charge in [0.05, 0.1) is 22.8 Å². The van der Waals surface area contributed by atoms with Crippen LogP contribution in [0.1, 0.15) is 0 Å². The minimum atomic E-state index is -0.589. The molecule has 0 aliphatic heterocycles. The van der Waals surface area contributed by atoms with E-state index >= 15 is 0 Å². The molecule has 3 rings (SSSR count). The summed E-state index contributed by atoms with van der Waals surface area (Å²) in [6.07, 6.45) is 0. The molecule has 3 aromatic rings. The van der Waals surface area contributed by atoms with Crippen molar-refractivity contribution < 1.29 is 18.7 Å². The van der Waals surface area contributed by atoms with E-state index in [1.807, 2.05) is 0 Å². The van der Waals surface area contributed by atoms with Crippen LogP contribution in [0.5, 0.6) is 11.6 Å². The Bertz CT molecular complexity index is 960. The van der Waals surface area contributed by atoms with Crippen LogP contribution in [-0.2, 0) is 4.79 Å². The fourth-order valence-electron chi connectivity index (χ4n) is 2.31. The minimum Gasteiger partial charge on any atom is -0.481 e. The van der Waals surface area contributed by atoms with E-state index < -0.39 is 11.7 Å². The lowest BCUT2D eigenvalue weighted by Gasteiger charge is -2.11. The van der Waals surface area contributed by atoms with Crippen molar-refractivity contribution in [1.29, 1.82) is 0 Å². The normalized spacial score (nSPS) is 10.4. The largest absolute Gasteiger partial charge is 0.481 e. The number of carbonyl (C=O) groups excluding carboxylic acids is 1. The molecule has 0 fully saturated rings. The summed E-state index contributed by atoms with van der Waals surface area (Å²) in [5.41, 5.74) is 2.06. The number of carbonyl (C=O) groups is 1. The van der Waals surface area contributed by atoms with E-state index in [4.69, 9.17) is 32.7 Å². The lowest BCUT2D eigenvalue weighted by atomic mass is 10.1. The summed E-state index contributed by atoms with van der Waals surface area (Å²) in [6, 6.07) is 12.6. The van der Waals surface area contributed by atoms with Crippen LogP contribution in [-0.4, -0.2) is 29.8 Å². The van der Waals surface area contributed by atoms with Gasteiger partial charge in [0, 0.05) is 17.3 Å². The highest BCUT2D eigenvalue weighted by Gasteiger charge is 2.12. The topological polar surface area (TPSA) is 73.3 Å². The van der Waals surface area contributed by atoms with Crippen LogP contribution >= 0.6 is 23.2 Å². The number of ether oxygens (including phenoxy) is 2. The second-order valence-corrected chi connectivity index (χ2v) is 6.39. The molecule has 0 saturated heterocycles. The number of benzene rings is 2. The van der Waals surface area contributed by atoms with E-state index in [2.05, 4.69) is 15.5 Å². The fraction of sp³-hybridized carbons (Fsp3) is 0.105. The van der Waals surface area contributed by atoms with Gasteiger partial charge in [0.2, 0.25) is 5.88 Å². The van der Waals surface area contributed by atoms with Crippen LogP contribution in [0.25, 0.3) is 11.3 Å². The van der Waals surface area contributed by atoms with Gasteiger partial charge in [0.1, 0.15) is 5.82 Å². The van der Waals surface area contributed by atoms with E-state index in [0.717, 1.165) is 17.7 Å². The summed E-state index contributed by atoms with van der Waals surface area (Å²) in [5, 5.41) is 10.6. The zero-order chi connectivity index (χ0) is 20.1. The number of aromatic nitrogens is 2. The maximum absolute atomic E-state index is 13.2. The second kappa shape index (κ2) is 8.86. The van der Waals surface area contributed by atoms with Gasteiger partial charge in [0.15, 0.2) is 12.4 Å². The quantitative estimate of drug-likeness (QED) is 0.628. The van der Waals surface area contributed by atoms with Crippen molar-refractivity contribution in [2.75, 3.05) is 19.0 Å². The maximum atomic E-state index is 13.2. The SMILES string of the molecule is COc1ccc(-c2ccc(NC(=O)COc3c(Cl)cc(F)cc3Cl)cc2)nn1. The number of halogens is 3. The van der Waals surface area contributed by atoms with Gasteiger partial charge in [-0.1, -0.05) is 35.3 Å². The summed E-state index contributed by atoms with van der Waals surface area (Å²) in [4.78, 5) is 12.1. The Hall–Kier alpha value is -2.90. The first-order valence-corrected chi connectivity index (χ1v) is 8.77. The predicted octanol–water partition coefficient (Wildman–Crippen LogP) is 4.62. The van der Waals surface area contributed by atoms with E-state index in [1.165, 1.54) is 7.11 Å². The van der Waals surface area contributed by atoms with Crippen molar-refractivity contribution in [1.82, 2.24) is 10.2 Å². The third kappa shape index (κ3) is 4.88. The van der Waals surface area contributed by atoms with Gasteiger partial charge in [-0.3, -0.25) is 4.79 Å². The number of amides is 1. The zero-order valence-corrected chi connectivity index (χ0v) is 16.1. The highest BCUT2D eigenvalue weighted by Crippen LogP contribution is 2.33. The molecule has 0 saturated carbocycles. The van der Waals surface area contributed by atoms with Crippen LogP contribution in [0.4, 0.5) is 10.1 Å². The summed E-state index contributed by atoms with van der Waals surface area (Å²) in [7, 11) is 1.52. The van der Waals surface area contributed by atoms with Crippen LogP contribution in [0.15, 0.2) is 48.5 Å². The average molecular weight is 422 g/mol. The van der Waals surface area contributed by atoms with Gasteiger partial charge in [0.25, 0.3) is 5.91 Å². The molecule has 1 N–H and O–H groups in total. The first kappa shape index (κ1) is 19.9. The number of hydrogen-bond acceptors (Lipinski definition) is 5. The van der Waals surface area contributed by atoms with Crippen molar-refractivity contribution in [3.05, 3.63) is 64.4 Å². The molecule has 1 heterocycles. The third-order valence-corrected chi connectivity index (χ3v) is 4.19. The Morgan fingerprint density at radius 2 is 1.75 bits per heavy atom. The molecule has 0 atom stereocenters. The zero-order valence-electron chi connectivity index (χ0n) is 14.6. The van der Waals surface area contributed by atoms with E-state index in [0.29, 0.717) is 17.3 Å². The number of nitrogens with one attached hydrogen (secondary N) is 1. The number of nitrogens with zero attached hydrogens (tertiary/aromatic N) is 2. The molecular weight excluding hydrogens is 408 g/mol. The van der Waals surface area contributed by atoms with Crippen LogP contribution < -0.4 is 14.8 Å². The van der Waals surface area contributed by atoms with Gasteiger partial charge >= 0.3 is 0 Å². The number of hydrogen-bond donors (Lipinski definition) is 1. The predicted molar refractivity (Wildman–Crippen MR) is 105 cm³/mol. The second-order valence-electron chi connectivity index (χ2n) is 5.57. The summed E-state index contributed by atoms with van der Waals surface area (Å²) >= 11 is 11.7. The molecule has 1 amide bonds. The maximum Gasteiger partial charge on any atom is 0.262 e. The highest BCUT2D eigenvalue weighted by molar-refractivity contribution is 6.37. The van der Waals surface area contributed by atoms with Crippen molar-refractivity contribution in [3.8, 4) is 22.9 Å². The van der Waals surface area contributed by atoms with E-state index in [9.17, 15) is 9.18 Å². The van der Waals surface area contributed by atoms with Crippen LogP contribution in [0.2, 0.25) is 10.0 Å². The molecule has 1 aromatic heterocycles. The molecule has 6 nitrogen and oxygen atoms in total. The third-order valence-electron chi connectivity index (χ3n) is 3.62. The molecule has 28 heavy (non-hydrogen) atoms.